The number of amides is 1. The lowest BCUT2D eigenvalue weighted by molar-refractivity contribution is -0.155. The van der Waals surface area contributed by atoms with Gasteiger partial charge in [0.25, 0.3) is 5.91 Å². The van der Waals surface area contributed by atoms with E-state index in [2.05, 4.69) is 15.2 Å². The van der Waals surface area contributed by atoms with Gasteiger partial charge in [0.15, 0.2) is 5.76 Å². The number of hydrogen-bond acceptors (Lipinski definition) is 7. The van der Waals surface area contributed by atoms with Crippen LogP contribution in [0.4, 0.5) is 0 Å². The summed E-state index contributed by atoms with van der Waals surface area (Å²) in [5, 5.41) is 6.38. The van der Waals surface area contributed by atoms with Crippen molar-refractivity contribution < 1.29 is 27.3 Å². The van der Waals surface area contributed by atoms with Crippen molar-refractivity contribution in [2.24, 2.45) is 0 Å². The number of hydrogen-bond donors (Lipinski definition) is 2. The van der Waals surface area contributed by atoms with Crippen LogP contribution < -0.4 is 10.0 Å². The van der Waals surface area contributed by atoms with Crippen LogP contribution in [-0.2, 0) is 24.3 Å². The number of carbonyl (C=O) groups is 2. The summed E-state index contributed by atoms with van der Waals surface area (Å²) in [6.45, 7) is 2.31. The smallest absolute Gasteiger partial charge is 0.322 e. The van der Waals surface area contributed by atoms with E-state index in [0.29, 0.717) is 5.56 Å². The Morgan fingerprint density at radius 2 is 1.93 bits per heavy atom. The van der Waals surface area contributed by atoms with Gasteiger partial charge in [-0.2, -0.15) is 4.72 Å². The zero-order valence-electron chi connectivity index (χ0n) is 15.5. The Hall–Kier alpha value is -2.72. The van der Waals surface area contributed by atoms with E-state index in [1.807, 2.05) is 0 Å². The standard InChI is InChI=1S/C18H21N3O6S/c1-11-17(12(2)27-21-11)28(24,25)19-10-15(22)26-16(13-6-4-3-5-7-13)18(23)20-14-8-9-14/h3-7,14,16,19H,8-10H2,1-2H3,(H,20,23)/t16-/m0/s1. The molecule has 1 aromatic carbocycles. The van der Waals surface area contributed by atoms with Crippen molar-refractivity contribution >= 4 is 21.9 Å². The number of nitrogens with zero attached hydrogens (tertiary/aromatic N) is 1. The fourth-order valence-electron chi connectivity index (χ4n) is 2.66. The number of esters is 1. The van der Waals surface area contributed by atoms with Crippen molar-refractivity contribution in [3.63, 3.8) is 0 Å². The highest BCUT2D eigenvalue weighted by Gasteiger charge is 2.31. The van der Waals surface area contributed by atoms with Gasteiger partial charge in [0.2, 0.25) is 16.1 Å². The van der Waals surface area contributed by atoms with E-state index >= 15 is 0 Å². The highest BCUT2D eigenvalue weighted by Crippen LogP contribution is 2.23. The maximum Gasteiger partial charge on any atom is 0.322 e. The number of aryl methyl sites for hydroxylation is 2. The quantitative estimate of drug-likeness (QED) is 0.628. The Bertz CT molecular complexity index is 947. The van der Waals surface area contributed by atoms with Crippen molar-refractivity contribution in [1.82, 2.24) is 15.2 Å². The fourth-order valence-corrected chi connectivity index (χ4v) is 3.96. The molecule has 3 rings (SSSR count). The summed E-state index contributed by atoms with van der Waals surface area (Å²) in [7, 11) is -4.01. The van der Waals surface area contributed by atoms with Crippen LogP contribution in [0.3, 0.4) is 0 Å². The van der Waals surface area contributed by atoms with E-state index in [9.17, 15) is 18.0 Å². The number of ether oxygens (including phenoxy) is 1. The van der Waals surface area contributed by atoms with Gasteiger partial charge < -0.3 is 14.6 Å². The normalized spacial score (nSPS) is 15.1. The number of aromatic nitrogens is 1. The number of nitrogens with one attached hydrogen (secondary N) is 2. The molecule has 1 aliphatic rings. The van der Waals surface area contributed by atoms with Gasteiger partial charge in [-0.3, -0.25) is 9.59 Å². The second kappa shape index (κ2) is 8.11. The molecule has 9 nitrogen and oxygen atoms in total. The molecule has 1 saturated carbocycles. The first-order chi connectivity index (χ1) is 13.3. The van der Waals surface area contributed by atoms with Gasteiger partial charge >= 0.3 is 5.97 Å². The predicted molar refractivity (Wildman–Crippen MR) is 97.6 cm³/mol. The van der Waals surface area contributed by atoms with E-state index in [-0.39, 0.29) is 22.4 Å². The molecule has 0 radical (unpaired) electrons. The van der Waals surface area contributed by atoms with Crippen molar-refractivity contribution in [1.29, 1.82) is 0 Å². The largest absolute Gasteiger partial charge is 0.446 e. The third kappa shape index (κ3) is 4.76. The summed E-state index contributed by atoms with van der Waals surface area (Å²) in [6, 6.07) is 8.65. The molecule has 0 saturated heterocycles. The van der Waals surface area contributed by atoms with E-state index < -0.39 is 34.5 Å². The minimum atomic E-state index is -4.01. The predicted octanol–water partition coefficient (Wildman–Crippen LogP) is 1.13. The lowest BCUT2D eigenvalue weighted by atomic mass is 10.1. The third-order valence-corrected chi connectivity index (χ3v) is 5.80. The van der Waals surface area contributed by atoms with Gasteiger partial charge in [0.1, 0.15) is 17.1 Å². The van der Waals surface area contributed by atoms with Crippen LogP contribution in [0.1, 0.15) is 36.0 Å². The molecule has 1 aromatic heterocycles. The van der Waals surface area contributed by atoms with Gasteiger partial charge in [0.05, 0.1) is 0 Å². The van der Waals surface area contributed by atoms with Crippen LogP contribution in [0, 0.1) is 13.8 Å². The lowest BCUT2D eigenvalue weighted by Crippen LogP contribution is -2.36. The second-order valence-electron chi connectivity index (χ2n) is 6.54. The average molecular weight is 407 g/mol. The molecule has 1 fully saturated rings. The molecular formula is C18H21N3O6S. The van der Waals surface area contributed by atoms with Crippen LogP contribution in [0.2, 0.25) is 0 Å². The molecule has 0 aliphatic heterocycles. The van der Waals surface area contributed by atoms with Gasteiger partial charge in [0, 0.05) is 11.6 Å². The van der Waals surface area contributed by atoms with E-state index in [0.717, 1.165) is 12.8 Å². The first kappa shape index (κ1) is 20.0. The molecule has 150 valence electrons. The Kier molecular flexibility index (Phi) is 5.80. The van der Waals surface area contributed by atoms with Gasteiger partial charge in [-0.25, -0.2) is 8.42 Å². The number of rotatable bonds is 8. The fraction of sp³-hybridized carbons (Fsp3) is 0.389. The minimum Gasteiger partial charge on any atom is -0.446 e. The van der Waals surface area contributed by atoms with E-state index in [4.69, 9.17) is 9.26 Å². The van der Waals surface area contributed by atoms with Gasteiger partial charge in [-0.05, 0) is 26.7 Å². The number of benzene rings is 1. The minimum absolute atomic E-state index is 0.0930. The van der Waals surface area contributed by atoms with Gasteiger partial charge in [-0.1, -0.05) is 35.5 Å². The van der Waals surface area contributed by atoms with Crippen LogP contribution in [-0.4, -0.2) is 38.0 Å². The maximum absolute atomic E-state index is 12.5. The summed E-state index contributed by atoms with van der Waals surface area (Å²) in [5.74, 6) is -1.20. The molecule has 0 bridgehead atoms. The summed E-state index contributed by atoms with van der Waals surface area (Å²) in [6.07, 6.45) is 0.620. The SMILES string of the molecule is Cc1noc(C)c1S(=O)(=O)NCC(=O)O[C@H](C(=O)NC1CC1)c1ccccc1. The Morgan fingerprint density at radius 1 is 1.25 bits per heavy atom. The number of sulfonamides is 1. The lowest BCUT2D eigenvalue weighted by Gasteiger charge is -2.18. The van der Waals surface area contributed by atoms with E-state index in [1.54, 1.807) is 30.3 Å². The molecule has 1 amide bonds. The van der Waals surface area contributed by atoms with Crippen molar-refractivity contribution in [2.45, 2.75) is 43.7 Å². The summed E-state index contributed by atoms with van der Waals surface area (Å²) >= 11 is 0. The highest BCUT2D eigenvalue weighted by atomic mass is 32.2. The zero-order valence-corrected chi connectivity index (χ0v) is 16.3. The maximum atomic E-state index is 12.5. The van der Waals surface area contributed by atoms with Crippen molar-refractivity contribution in [3.05, 3.63) is 47.3 Å². The Labute approximate surface area is 162 Å². The van der Waals surface area contributed by atoms with Crippen LogP contribution in [0.25, 0.3) is 0 Å². The van der Waals surface area contributed by atoms with Gasteiger partial charge in [-0.15, -0.1) is 0 Å². The van der Waals surface area contributed by atoms with Crippen molar-refractivity contribution in [2.75, 3.05) is 6.54 Å². The zero-order chi connectivity index (χ0) is 20.3. The molecular weight excluding hydrogens is 386 g/mol. The van der Waals surface area contributed by atoms with Crippen molar-refractivity contribution in [3.8, 4) is 0 Å². The highest BCUT2D eigenvalue weighted by molar-refractivity contribution is 7.89. The summed E-state index contributed by atoms with van der Waals surface area (Å²) < 4.78 is 37.1. The molecule has 28 heavy (non-hydrogen) atoms. The number of carbonyl (C=O) groups excluding carboxylic acids is 2. The molecule has 0 unspecified atom stereocenters. The first-order valence-electron chi connectivity index (χ1n) is 8.75. The van der Waals surface area contributed by atoms with Crippen LogP contribution >= 0.6 is 0 Å². The Morgan fingerprint density at radius 3 is 2.50 bits per heavy atom. The van der Waals surface area contributed by atoms with Crippen LogP contribution in [0.5, 0.6) is 0 Å². The average Bonchev–Trinajstić information content (AvgIpc) is 3.40. The molecule has 0 spiro atoms. The van der Waals surface area contributed by atoms with E-state index in [1.165, 1.54) is 13.8 Å². The topological polar surface area (TPSA) is 128 Å². The summed E-state index contributed by atoms with van der Waals surface area (Å²) in [5.41, 5.74) is 0.687. The molecule has 1 aliphatic carbocycles. The monoisotopic (exact) mass is 407 g/mol. The third-order valence-electron chi connectivity index (χ3n) is 4.16. The molecule has 1 heterocycles. The Balaban J connectivity index is 1.67. The molecule has 10 heteroatoms. The molecule has 2 aromatic rings. The molecule has 1 atom stereocenters. The van der Waals surface area contributed by atoms with Crippen LogP contribution in [0.15, 0.2) is 39.8 Å². The first-order valence-corrected chi connectivity index (χ1v) is 10.2. The second-order valence-corrected chi connectivity index (χ2v) is 8.25. The summed E-state index contributed by atoms with van der Waals surface area (Å²) in [4.78, 5) is 24.6. The molecule has 2 N–H and O–H groups in total.